The lowest BCUT2D eigenvalue weighted by molar-refractivity contribution is -0.128. The van der Waals surface area contributed by atoms with Crippen molar-refractivity contribution in [1.82, 2.24) is 10.6 Å². The fourth-order valence-corrected chi connectivity index (χ4v) is 3.48. The zero-order chi connectivity index (χ0) is 13.2. The van der Waals surface area contributed by atoms with Crippen molar-refractivity contribution in [3.8, 4) is 0 Å². The molecule has 0 aromatic carbocycles. The van der Waals surface area contributed by atoms with Gasteiger partial charge in [-0.05, 0) is 50.1 Å². The summed E-state index contributed by atoms with van der Waals surface area (Å²) in [5, 5.41) is 8.47. The molecule has 1 atom stereocenters. The maximum atomic E-state index is 11.8. The van der Waals surface area contributed by atoms with E-state index in [-0.39, 0.29) is 11.3 Å². The molecule has 0 radical (unpaired) electrons. The van der Waals surface area contributed by atoms with Gasteiger partial charge in [0.2, 0.25) is 5.91 Å². The highest BCUT2D eigenvalue weighted by molar-refractivity contribution is 7.10. The molecule has 18 heavy (non-hydrogen) atoms. The second kappa shape index (κ2) is 5.41. The van der Waals surface area contributed by atoms with Gasteiger partial charge >= 0.3 is 0 Å². The van der Waals surface area contributed by atoms with Crippen molar-refractivity contribution < 1.29 is 4.79 Å². The van der Waals surface area contributed by atoms with Gasteiger partial charge in [-0.25, -0.2) is 0 Å². The largest absolute Gasteiger partial charge is 0.359 e. The summed E-state index contributed by atoms with van der Waals surface area (Å²) in [7, 11) is 1.70. The van der Waals surface area contributed by atoms with Crippen LogP contribution in [0.3, 0.4) is 0 Å². The molecule has 0 spiro atoms. The number of aryl methyl sites for hydroxylation is 1. The number of rotatable bonds is 4. The van der Waals surface area contributed by atoms with Crippen molar-refractivity contribution in [3.05, 3.63) is 21.9 Å². The zero-order valence-corrected chi connectivity index (χ0v) is 12.2. The van der Waals surface area contributed by atoms with E-state index in [1.807, 2.05) is 25.2 Å². The predicted molar refractivity (Wildman–Crippen MR) is 75.8 cm³/mol. The first-order valence-corrected chi connectivity index (χ1v) is 7.44. The molecule has 3 nitrogen and oxygen atoms in total. The number of fused-ring (bicyclic) bond motifs is 1. The normalized spacial score (nSPS) is 19.4. The molecular weight excluding hydrogens is 244 g/mol. The van der Waals surface area contributed by atoms with Gasteiger partial charge in [0.05, 0.1) is 5.41 Å². The Kier molecular flexibility index (Phi) is 4.07. The summed E-state index contributed by atoms with van der Waals surface area (Å²) in [5.74, 6) is 0.0938. The van der Waals surface area contributed by atoms with E-state index in [4.69, 9.17) is 0 Å². The Bertz CT molecular complexity index is 425. The van der Waals surface area contributed by atoms with E-state index in [0.717, 1.165) is 0 Å². The lowest BCUT2D eigenvalue weighted by Crippen LogP contribution is -2.43. The third-order valence-electron chi connectivity index (χ3n) is 3.68. The van der Waals surface area contributed by atoms with Crippen LogP contribution in [0.25, 0.3) is 0 Å². The standard InChI is InChI=1S/C14H22N2OS/c1-14(2,13(17)15-3)9-16-11-5-4-6-12-10(11)7-8-18-12/h7-8,11,16H,4-6,9H2,1-3H3,(H,15,17). The number of amides is 1. The summed E-state index contributed by atoms with van der Waals surface area (Å²) in [6.07, 6.45) is 3.63. The molecule has 0 bridgehead atoms. The minimum atomic E-state index is -0.359. The maximum Gasteiger partial charge on any atom is 0.226 e. The fraction of sp³-hybridized carbons (Fsp3) is 0.643. The van der Waals surface area contributed by atoms with Gasteiger partial charge in [-0.15, -0.1) is 11.3 Å². The van der Waals surface area contributed by atoms with Crippen LogP contribution in [-0.4, -0.2) is 19.5 Å². The minimum absolute atomic E-state index is 0.0938. The monoisotopic (exact) mass is 266 g/mol. The summed E-state index contributed by atoms with van der Waals surface area (Å²) < 4.78 is 0. The molecule has 1 heterocycles. The molecule has 2 rings (SSSR count). The fourth-order valence-electron chi connectivity index (χ4n) is 2.50. The molecule has 0 saturated carbocycles. The van der Waals surface area contributed by atoms with Crippen LogP contribution < -0.4 is 10.6 Å². The van der Waals surface area contributed by atoms with Gasteiger partial charge in [0.1, 0.15) is 0 Å². The van der Waals surface area contributed by atoms with Crippen molar-refractivity contribution in [2.24, 2.45) is 5.41 Å². The molecule has 0 aliphatic heterocycles. The van der Waals surface area contributed by atoms with Crippen LogP contribution in [0.5, 0.6) is 0 Å². The van der Waals surface area contributed by atoms with Gasteiger partial charge in [-0.2, -0.15) is 0 Å². The van der Waals surface area contributed by atoms with E-state index in [2.05, 4.69) is 22.1 Å². The Morgan fingerprint density at radius 2 is 2.33 bits per heavy atom. The Hall–Kier alpha value is -0.870. The highest BCUT2D eigenvalue weighted by Crippen LogP contribution is 2.33. The van der Waals surface area contributed by atoms with Crippen molar-refractivity contribution in [1.29, 1.82) is 0 Å². The number of carbonyl (C=O) groups is 1. The highest BCUT2D eigenvalue weighted by Gasteiger charge is 2.29. The van der Waals surface area contributed by atoms with E-state index in [1.54, 1.807) is 7.05 Å². The van der Waals surface area contributed by atoms with Crippen LogP contribution in [-0.2, 0) is 11.2 Å². The molecule has 0 saturated heterocycles. The molecule has 1 aliphatic rings. The van der Waals surface area contributed by atoms with Crippen LogP contribution >= 0.6 is 11.3 Å². The molecule has 1 aromatic rings. The van der Waals surface area contributed by atoms with E-state index in [0.29, 0.717) is 12.6 Å². The molecule has 1 aliphatic carbocycles. The lowest BCUT2D eigenvalue weighted by Gasteiger charge is -2.29. The molecule has 0 fully saturated rings. The molecule has 100 valence electrons. The molecular formula is C14H22N2OS. The summed E-state index contributed by atoms with van der Waals surface area (Å²) in [6.45, 7) is 4.68. The lowest BCUT2D eigenvalue weighted by atomic mass is 9.89. The van der Waals surface area contributed by atoms with Crippen molar-refractivity contribution in [2.75, 3.05) is 13.6 Å². The van der Waals surface area contributed by atoms with Gasteiger partial charge < -0.3 is 10.6 Å². The summed E-state index contributed by atoms with van der Waals surface area (Å²) in [6, 6.07) is 2.65. The van der Waals surface area contributed by atoms with Crippen molar-refractivity contribution >= 4 is 17.2 Å². The predicted octanol–water partition coefficient (Wildman–Crippen LogP) is 2.49. The molecule has 1 unspecified atom stereocenters. The Labute approximate surface area is 113 Å². The number of thiophene rings is 1. The topological polar surface area (TPSA) is 41.1 Å². The van der Waals surface area contributed by atoms with Gasteiger partial charge in [-0.3, -0.25) is 4.79 Å². The summed E-state index contributed by atoms with van der Waals surface area (Å²) in [4.78, 5) is 13.3. The van der Waals surface area contributed by atoms with E-state index in [1.165, 1.54) is 29.7 Å². The van der Waals surface area contributed by atoms with Crippen molar-refractivity contribution in [3.63, 3.8) is 0 Å². The van der Waals surface area contributed by atoms with E-state index < -0.39 is 0 Å². The van der Waals surface area contributed by atoms with Crippen LogP contribution in [0.2, 0.25) is 0 Å². The van der Waals surface area contributed by atoms with E-state index >= 15 is 0 Å². The quantitative estimate of drug-likeness (QED) is 0.879. The number of hydrogen-bond acceptors (Lipinski definition) is 3. The third-order valence-corrected chi connectivity index (χ3v) is 4.68. The van der Waals surface area contributed by atoms with Gasteiger partial charge in [-0.1, -0.05) is 0 Å². The first-order chi connectivity index (χ1) is 8.54. The third kappa shape index (κ3) is 2.75. The van der Waals surface area contributed by atoms with Gasteiger partial charge in [0, 0.05) is 24.5 Å². The average molecular weight is 266 g/mol. The average Bonchev–Trinajstić information content (AvgIpc) is 2.84. The minimum Gasteiger partial charge on any atom is -0.359 e. The number of nitrogens with one attached hydrogen (secondary N) is 2. The van der Waals surface area contributed by atoms with Crippen LogP contribution in [0.1, 0.15) is 43.2 Å². The SMILES string of the molecule is CNC(=O)C(C)(C)CNC1CCCc2sccc21. The molecule has 2 N–H and O–H groups in total. The first kappa shape index (κ1) is 13.6. The molecule has 1 aromatic heterocycles. The Balaban J connectivity index is 1.98. The summed E-state index contributed by atoms with van der Waals surface area (Å²) in [5.41, 5.74) is 1.08. The van der Waals surface area contributed by atoms with Gasteiger partial charge in [0.15, 0.2) is 0 Å². The van der Waals surface area contributed by atoms with Gasteiger partial charge in [0.25, 0.3) is 0 Å². The second-order valence-corrected chi connectivity index (χ2v) is 6.59. The Morgan fingerprint density at radius 3 is 3.06 bits per heavy atom. The smallest absolute Gasteiger partial charge is 0.226 e. The maximum absolute atomic E-state index is 11.8. The first-order valence-electron chi connectivity index (χ1n) is 6.56. The molecule has 4 heteroatoms. The van der Waals surface area contributed by atoms with Crippen LogP contribution in [0.15, 0.2) is 11.4 Å². The number of hydrogen-bond donors (Lipinski definition) is 2. The second-order valence-electron chi connectivity index (χ2n) is 5.59. The highest BCUT2D eigenvalue weighted by atomic mass is 32.1. The van der Waals surface area contributed by atoms with E-state index in [9.17, 15) is 4.79 Å². The number of carbonyl (C=O) groups excluding carboxylic acids is 1. The zero-order valence-electron chi connectivity index (χ0n) is 11.4. The summed E-state index contributed by atoms with van der Waals surface area (Å²) >= 11 is 1.85. The molecule has 1 amide bonds. The Morgan fingerprint density at radius 1 is 1.56 bits per heavy atom. The van der Waals surface area contributed by atoms with Crippen molar-refractivity contribution in [2.45, 2.75) is 39.2 Å². The van der Waals surface area contributed by atoms with Crippen LogP contribution in [0, 0.1) is 5.41 Å². The van der Waals surface area contributed by atoms with Crippen LogP contribution in [0.4, 0.5) is 0 Å².